The second-order valence-corrected chi connectivity index (χ2v) is 5.86. The van der Waals surface area contributed by atoms with E-state index in [1.807, 2.05) is 0 Å². The van der Waals surface area contributed by atoms with Crippen molar-refractivity contribution in [2.24, 2.45) is 0 Å². The Bertz CT molecular complexity index is 525. The van der Waals surface area contributed by atoms with Gasteiger partial charge in [0.1, 0.15) is 0 Å². The van der Waals surface area contributed by atoms with E-state index >= 15 is 0 Å². The monoisotopic (exact) mass is 332 g/mol. The van der Waals surface area contributed by atoms with E-state index in [2.05, 4.69) is 10.1 Å². The minimum atomic E-state index is -2.93. The molecule has 0 aliphatic carbocycles. The molecular formula is C14H18F2N2O3S. The molecule has 1 fully saturated rings. The SMILES string of the molecule is COc1ccc(CN(C)C(=O)C2CSCN2)cc1OC(F)F. The summed E-state index contributed by atoms with van der Waals surface area (Å²) >= 11 is 1.67. The molecular weight excluding hydrogens is 314 g/mol. The zero-order valence-electron chi connectivity index (χ0n) is 12.3. The van der Waals surface area contributed by atoms with Gasteiger partial charge >= 0.3 is 6.61 Å². The molecule has 0 bridgehead atoms. The molecule has 122 valence electrons. The van der Waals surface area contributed by atoms with Crippen LogP contribution in [0.25, 0.3) is 0 Å². The van der Waals surface area contributed by atoms with Crippen molar-refractivity contribution in [3.8, 4) is 11.5 Å². The molecule has 1 aliphatic rings. The lowest BCUT2D eigenvalue weighted by Gasteiger charge is -2.21. The summed E-state index contributed by atoms with van der Waals surface area (Å²) < 4.78 is 34.2. The van der Waals surface area contributed by atoms with Gasteiger partial charge < -0.3 is 14.4 Å². The third kappa shape index (κ3) is 4.23. The molecule has 1 saturated heterocycles. The van der Waals surface area contributed by atoms with Crippen LogP contribution in [0.4, 0.5) is 8.78 Å². The number of halogens is 2. The molecule has 0 saturated carbocycles. The van der Waals surface area contributed by atoms with Gasteiger partial charge in [-0.3, -0.25) is 10.1 Å². The molecule has 1 amide bonds. The Hall–Kier alpha value is -1.54. The predicted octanol–water partition coefficient (Wildman–Crippen LogP) is 1.92. The summed E-state index contributed by atoms with van der Waals surface area (Å²) in [6, 6.07) is 4.54. The average molecular weight is 332 g/mol. The maximum absolute atomic E-state index is 12.4. The Morgan fingerprint density at radius 2 is 2.27 bits per heavy atom. The third-order valence-corrected chi connectivity index (χ3v) is 4.19. The van der Waals surface area contributed by atoms with Crippen molar-refractivity contribution in [2.45, 2.75) is 19.2 Å². The number of hydrogen-bond acceptors (Lipinski definition) is 5. The number of ether oxygens (including phenoxy) is 2. The first kappa shape index (κ1) is 16.8. The van der Waals surface area contributed by atoms with Gasteiger partial charge in [0.15, 0.2) is 11.5 Å². The number of nitrogens with one attached hydrogen (secondary N) is 1. The Balaban J connectivity index is 2.06. The number of rotatable bonds is 6. The smallest absolute Gasteiger partial charge is 0.387 e. The third-order valence-electron chi connectivity index (χ3n) is 3.25. The van der Waals surface area contributed by atoms with Gasteiger partial charge in [-0.25, -0.2) is 0 Å². The van der Waals surface area contributed by atoms with E-state index in [0.29, 0.717) is 12.1 Å². The molecule has 1 unspecified atom stereocenters. The van der Waals surface area contributed by atoms with Crippen LogP contribution in [-0.4, -0.2) is 49.2 Å². The van der Waals surface area contributed by atoms with Gasteiger partial charge in [0.2, 0.25) is 5.91 Å². The van der Waals surface area contributed by atoms with Crippen LogP contribution in [0.2, 0.25) is 0 Å². The number of benzene rings is 1. The second kappa shape index (κ2) is 7.64. The molecule has 22 heavy (non-hydrogen) atoms. The van der Waals surface area contributed by atoms with Crippen molar-refractivity contribution in [3.05, 3.63) is 23.8 Å². The van der Waals surface area contributed by atoms with E-state index in [0.717, 1.165) is 11.6 Å². The van der Waals surface area contributed by atoms with Crippen LogP contribution in [0, 0.1) is 0 Å². The Morgan fingerprint density at radius 1 is 1.50 bits per heavy atom. The number of nitrogens with zero attached hydrogens (tertiary/aromatic N) is 1. The Morgan fingerprint density at radius 3 is 2.86 bits per heavy atom. The number of methoxy groups -OCH3 is 1. The molecule has 1 aliphatic heterocycles. The maximum Gasteiger partial charge on any atom is 0.387 e. The summed E-state index contributed by atoms with van der Waals surface area (Å²) in [6.45, 7) is -2.62. The molecule has 2 rings (SSSR count). The van der Waals surface area contributed by atoms with Gasteiger partial charge in [0.05, 0.1) is 13.2 Å². The topological polar surface area (TPSA) is 50.8 Å². The van der Waals surface area contributed by atoms with Crippen molar-refractivity contribution in [1.82, 2.24) is 10.2 Å². The number of thioether (sulfide) groups is 1. The van der Waals surface area contributed by atoms with Crippen molar-refractivity contribution < 1.29 is 23.0 Å². The molecule has 1 aromatic rings. The first-order valence-corrected chi connectivity index (χ1v) is 7.84. The molecule has 0 radical (unpaired) electrons. The summed E-state index contributed by atoms with van der Waals surface area (Å²) in [4.78, 5) is 13.8. The fourth-order valence-corrected chi connectivity index (χ4v) is 3.11. The van der Waals surface area contributed by atoms with Crippen LogP contribution in [0.3, 0.4) is 0 Å². The summed E-state index contributed by atoms with van der Waals surface area (Å²) in [5.74, 6) is 1.68. The van der Waals surface area contributed by atoms with Crippen LogP contribution in [0.5, 0.6) is 11.5 Å². The normalized spacial score (nSPS) is 17.6. The molecule has 1 heterocycles. The molecule has 0 spiro atoms. The molecule has 1 N–H and O–H groups in total. The molecule has 8 heteroatoms. The van der Waals surface area contributed by atoms with Crippen molar-refractivity contribution in [3.63, 3.8) is 0 Å². The average Bonchev–Trinajstić information content (AvgIpc) is 3.00. The lowest BCUT2D eigenvalue weighted by Crippen LogP contribution is -2.42. The van der Waals surface area contributed by atoms with Crippen molar-refractivity contribution >= 4 is 17.7 Å². The van der Waals surface area contributed by atoms with E-state index in [-0.39, 0.29) is 23.4 Å². The highest BCUT2D eigenvalue weighted by Gasteiger charge is 2.25. The first-order chi connectivity index (χ1) is 10.5. The highest BCUT2D eigenvalue weighted by atomic mass is 32.2. The van der Waals surface area contributed by atoms with E-state index < -0.39 is 6.61 Å². The molecule has 0 aromatic heterocycles. The van der Waals surface area contributed by atoms with E-state index in [1.165, 1.54) is 13.2 Å². The van der Waals surface area contributed by atoms with Gasteiger partial charge in [-0.15, -0.1) is 11.8 Å². The van der Waals surface area contributed by atoms with Crippen LogP contribution in [0.15, 0.2) is 18.2 Å². The van der Waals surface area contributed by atoms with Gasteiger partial charge in [-0.2, -0.15) is 8.78 Å². The number of hydrogen-bond donors (Lipinski definition) is 1. The van der Waals surface area contributed by atoms with Crippen LogP contribution < -0.4 is 14.8 Å². The fraction of sp³-hybridized carbons (Fsp3) is 0.500. The lowest BCUT2D eigenvalue weighted by atomic mass is 10.1. The van der Waals surface area contributed by atoms with Gasteiger partial charge in [0, 0.05) is 25.2 Å². The molecule has 1 aromatic carbocycles. The largest absolute Gasteiger partial charge is 0.493 e. The highest BCUT2D eigenvalue weighted by Crippen LogP contribution is 2.30. The quantitative estimate of drug-likeness (QED) is 0.862. The number of carbonyl (C=O) groups is 1. The number of likely N-dealkylation sites (N-methyl/N-ethyl adjacent to an activating group) is 1. The fourth-order valence-electron chi connectivity index (χ4n) is 2.18. The van der Waals surface area contributed by atoms with E-state index in [1.54, 1.807) is 35.8 Å². The highest BCUT2D eigenvalue weighted by molar-refractivity contribution is 7.99. The van der Waals surface area contributed by atoms with Gasteiger partial charge in [-0.05, 0) is 17.7 Å². The zero-order chi connectivity index (χ0) is 16.1. The van der Waals surface area contributed by atoms with E-state index in [4.69, 9.17) is 4.74 Å². The lowest BCUT2D eigenvalue weighted by molar-refractivity contribution is -0.131. The van der Waals surface area contributed by atoms with Crippen molar-refractivity contribution in [2.75, 3.05) is 25.8 Å². The minimum Gasteiger partial charge on any atom is -0.493 e. The first-order valence-electron chi connectivity index (χ1n) is 6.69. The number of amides is 1. The van der Waals surface area contributed by atoms with Crippen LogP contribution in [0.1, 0.15) is 5.56 Å². The molecule has 1 atom stereocenters. The zero-order valence-corrected chi connectivity index (χ0v) is 13.2. The number of carbonyl (C=O) groups excluding carboxylic acids is 1. The van der Waals surface area contributed by atoms with Crippen LogP contribution in [-0.2, 0) is 11.3 Å². The summed E-state index contributed by atoms with van der Waals surface area (Å²) in [6.07, 6.45) is 0. The predicted molar refractivity (Wildman–Crippen MR) is 80.3 cm³/mol. The van der Waals surface area contributed by atoms with E-state index in [9.17, 15) is 13.6 Å². The number of alkyl halides is 2. The minimum absolute atomic E-state index is 0.0165. The standard InChI is InChI=1S/C14H18F2N2O3S/c1-18(13(19)10-7-22-8-17-10)6-9-3-4-11(20-2)12(5-9)21-14(15)16/h3-5,10,14,17H,6-8H2,1-2H3. The summed E-state index contributed by atoms with van der Waals surface area (Å²) in [7, 11) is 3.07. The Kier molecular flexibility index (Phi) is 5.84. The van der Waals surface area contributed by atoms with Gasteiger partial charge in [0.25, 0.3) is 0 Å². The van der Waals surface area contributed by atoms with Crippen LogP contribution >= 0.6 is 11.8 Å². The summed E-state index contributed by atoms with van der Waals surface area (Å²) in [5, 5.41) is 3.11. The maximum atomic E-state index is 12.4. The van der Waals surface area contributed by atoms with Crippen molar-refractivity contribution in [1.29, 1.82) is 0 Å². The second-order valence-electron chi connectivity index (χ2n) is 4.83. The Labute approximate surface area is 131 Å². The van der Waals surface area contributed by atoms with Gasteiger partial charge in [-0.1, -0.05) is 6.07 Å². The summed E-state index contributed by atoms with van der Waals surface area (Å²) in [5.41, 5.74) is 0.693. The molecule has 5 nitrogen and oxygen atoms in total.